The lowest BCUT2D eigenvalue weighted by atomic mass is 10.0. The van der Waals surface area contributed by atoms with Crippen LogP contribution < -0.4 is 4.74 Å². The second kappa shape index (κ2) is 6.57. The minimum Gasteiger partial charge on any atom is -0.496 e. The zero-order valence-corrected chi connectivity index (χ0v) is 11.5. The summed E-state index contributed by atoms with van der Waals surface area (Å²) in [7, 11) is 2.95. The molecule has 0 bridgehead atoms. The maximum atomic E-state index is 12.0. The van der Waals surface area contributed by atoms with Gasteiger partial charge in [-0.1, -0.05) is 48.5 Å². The zero-order chi connectivity index (χ0) is 14.4. The van der Waals surface area contributed by atoms with Crippen LogP contribution in [0.4, 0.5) is 0 Å². The maximum Gasteiger partial charge on any atom is 0.338 e. The summed E-state index contributed by atoms with van der Waals surface area (Å²) in [6.07, 6.45) is 1.80. The van der Waals surface area contributed by atoms with Crippen LogP contribution in [0.5, 0.6) is 5.75 Å². The van der Waals surface area contributed by atoms with Gasteiger partial charge < -0.3 is 9.47 Å². The molecule has 3 heteroatoms. The van der Waals surface area contributed by atoms with Crippen molar-refractivity contribution in [2.75, 3.05) is 14.2 Å². The third kappa shape index (κ3) is 3.06. The number of hydrogen-bond donors (Lipinski definition) is 0. The van der Waals surface area contributed by atoms with E-state index in [1.165, 1.54) is 7.11 Å². The second-order valence-electron chi connectivity index (χ2n) is 4.16. The Kier molecular flexibility index (Phi) is 4.56. The summed E-state index contributed by atoms with van der Waals surface area (Å²) in [5, 5.41) is 0. The number of benzene rings is 2. The van der Waals surface area contributed by atoms with Gasteiger partial charge in [0, 0.05) is 5.56 Å². The number of carbonyl (C=O) groups is 1. The van der Waals surface area contributed by atoms with Crippen LogP contribution in [0.25, 0.3) is 11.6 Å². The van der Waals surface area contributed by atoms with Crippen LogP contribution >= 0.6 is 0 Å². The van der Waals surface area contributed by atoms with E-state index in [0.717, 1.165) is 5.56 Å². The van der Waals surface area contributed by atoms with Crippen molar-refractivity contribution in [3.63, 3.8) is 0 Å². The highest BCUT2D eigenvalue weighted by Crippen LogP contribution is 2.28. The first-order valence-electron chi connectivity index (χ1n) is 6.24. The third-order valence-corrected chi connectivity index (χ3v) is 2.91. The van der Waals surface area contributed by atoms with Crippen LogP contribution in [0.3, 0.4) is 0 Å². The molecule has 0 amide bonds. The maximum absolute atomic E-state index is 12.0. The van der Waals surface area contributed by atoms with Gasteiger partial charge in [0.2, 0.25) is 0 Å². The fourth-order valence-corrected chi connectivity index (χ4v) is 1.94. The number of rotatable bonds is 4. The minimum atomic E-state index is -0.390. The number of hydrogen-bond acceptors (Lipinski definition) is 3. The average Bonchev–Trinajstić information content (AvgIpc) is 2.53. The van der Waals surface area contributed by atoms with Gasteiger partial charge in [-0.15, -0.1) is 0 Å². The predicted octanol–water partition coefficient (Wildman–Crippen LogP) is 3.41. The SMILES string of the molecule is COC(=O)/C(=C\c1ccccc1)c1ccccc1OC. The van der Waals surface area contributed by atoms with Crippen molar-refractivity contribution in [2.24, 2.45) is 0 Å². The van der Waals surface area contributed by atoms with Crippen LogP contribution in [0.1, 0.15) is 11.1 Å². The number of ether oxygens (including phenoxy) is 2. The molecule has 20 heavy (non-hydrogen) atoms. The Hall–Kier alpha value is -2.55. The third-order valence-electron chi connectivity index (χ3n) is 2.91. The van der Waals surface area contributed by atoms with Crippen molar-refractivity contribution in [3.8, 4) is 5.75 Å². The molecule has 0 aliphatic carbocycles. The molecule has 102 valence electrons. The van der Waals surface area contributed by atoms with E-state index < -0.39 is 5.97 Å². The molecule has 0 heterocycles. The highest BCUT2D eigenvalue weighted by atomic mass is 16.5. The summed E-state index contributed by atoms with van der Waals surface area (Å²) in [5.74, 6) is 0.249. The molecule has 2 aromatic rings. The van der Waals surface area contributed by atoms with Gasteiger partial charge in [0.1, 0.15) is 5.75 Å². The predicted molar refractivity (Wildman–Crippen MR) is 79.3 cm³/mol. The standard InChI is InChI=1S/C17H16O3/c1-19-16-11-7-6-10-14(16)15(17(18)20-2)12-13-8-4-3-5-9-13/h3-12H,1-2H3/b15-12-. The molecule has 0 saturated carbocycles. The first-order valence-corrected chi connectivity index (χ1v) is 6.24. The number of methoxy groups -OCH3 is 2. The Morgan fingerprint density at radius 1 is 0.950 bits per heavy atom. The zero-order valence-electron chi connectivity index (χ0n) is 11.5. The summed E-state index contributed by atoms with van der Waals surface area (Å²) in [4.78, 5) is 12.0. The lowest BCUT2D eigenvalue weighted by Gasteiger charge is -2.10. The van der Waals surface area contributed by atoms with Crippen LogP contribution in [0, 0.1) is 0 Å². The first kappa shape index (κ1) is 13.9. The molecule has 0 aliphatic heterocycles. The van der Waals surface area contributed by atoms with Crippen LogP contribution in [0.15, 0.2) is 54.6 Å². The van der Waals surface area contributed by atoms with Crippen molar-refractivity contribution in [1.29, 1.82) is 0 Å². The van der Waals surface area contributed by atoms with Gasteiger partial charge in [-0.25, -0.2) is 4.79 Å². The normalized spacial score (nSPS) is 11.0. The van der Waals surface area contributed by atoms with Crippen LogP contribution in [-0.4, -0.2) is 20.2 Å². The summed E-state index contributed by atoms with van der Waals surface area (Å²) < 4.78 is 10.2. The molecule has 0 aliphatic rings. The van der Waals surface area contributed by atoms with Crippen molar-refractivity contribution < 1.29 is 14.3 Å². The molecule has 0 N–H and O–H groups in total. The topological polar surface area (TPSA) is 35.5 Å². The minimum absolute atomic E-state index is 0.390. The molecular formula is C17H16O3. The van der Waals surface area contributed by atoms with E-state index in [1.807, 2.05) is 54.6 Å². The summed E-state index contributed by atoms with van der Waals surface area (Å²) in [5.41, 5.74) is 2.11. The molecule has 0 saturated heterocycles. The van der Waals surface area contributed by atoms with E-state index in [4.69, 9.17) is 9.47 Å². The van der Waals surface area contributed by atoms with Gasteiger partial charge in [-0.2, -0.15) is 0 Å². The van der Waals surface area contributed by atoms with E-state index in [2.05, 4.69) is 0 Å². The number of para-hydroxylation sites is 1. The Morgan fingerprint density at radius 3 is 2.25 bits per heavy atom. The second-order valence-corrected chi connectivity index (χ2v) is 4.16. The fraction of sp³-hybridized carbons (Fsp3) is 0.118. The van der Waals surface area contributed by atoms with Crippen LogP contribution in [-0.2, 0) is 9.53 Å². The van der Waals surface area contributed by atoms with Gasteiger partial charge in [0.05, 0.1) is 19.8 Å². The van der Waals surface area contributed by atoms with Crippen LogP contribution in [0.2, 0.25) is 0 Å². The largest absolute Gasteiger partial charge is 0.496 e. The first-order chi connectivity index (χ1) is 9.76. The highest BCUT2D eigenvalue weighted by molar-refractivity contribution is 6.22. The van der Waals surface area contributed by atoms with Crippen molar-refractivity contribution >= 4 is 17.6 Å². The number of carbonyl (C=O) groups excluding carboxylic acids is 1. The Balaban J connectivity index is 2.54. The lowest BCUT2D eigenvalue weighted by molar-refractivity contribution is -0.133. The Labute approximate surface area is 118 Å². The molecule has 0 atom stereocenters. The van der Waals surface area contributed by atoms with E-state index in [0.29, 0.717) is 16.9 Å². The molecule has 2 aromatic carbocycles. The average molecular weight is 268 g/mol. The van der Waals surface area contributed by atoms with Gasteiger partial charge in [0.25, 0.3) is 0 Å². The Morgan fingerprint density at radius 2 is 1.60 bits per heavy atom. The van der Waals surface area contributed by atoms with Gasteiger partial charge in [-0.05, 0) is 17.7 Å². The number of esters is 1. The summed E-state index contributed by atoms with van der Waals surface area (Å²) in [6.45, 7) is 0. The molecule has 0 aromatic heterocycles. The molecular weight excluding hydrogens is 252 g/mol. The summed E-state index contributed by atoms with van der Waals surface area (Å²) >= 11 is 0. The van der Waals surface area contributed by atoms with Crippen molar-refractivity contribution in [2.45, 2.75) is 0 Å². The monoisotopic (exact) mass is 268 g/mol. The lowest BCUT2D eigenvalue weighted by Crippen LogP contribution is -2.05. The van der Waals surface area contributed by atoms with Crippen molar-refractivity contribution in [3.05, 3.63) is 65.7 Å². The quantitative estimate of drug-likeness (QED) is 0.484. The molecule has 0 fully saturated rings. The van der Waals surface area contributed by atoms with E-state index in [1.54, 1.807) is 13.2 Å². The van der Waals surface area contributed by atoms with Crippen molar-refractivity contribution in [1.82, 2.24) is 0 Å². The fourth-order valence-electron chi connectivity index (χ4n) is 1.94. The van der Waals surface area contributed by atoms with E-state index >= 15 is 0 Å². The van der Waals surface area contributed by atoms with E-state index in [9.17, 15) is 4.79 Å². The van der Waals surface area contributed by atoms with E-state index in [-0.39, 0.29) is 0 Å². The molecule has 2 rings (SSSR count). The smallest absolute Gasteiger partial charge is 0.338 e. The molecule has 3 nitrogen and oxygen atoms in total. The molecule has 0 radical (unpaired) electrons. The summed E-state index contributed by atoms with van der Waals surface area (Å²) in [6, 6.07) is 17.0. The molecule has 0 spiro atoms. The molecule has 0 unspecified atom stereocenters. The van der Waals surface area contributed by atoms with Gasteiger partial charge in [0.15, 0.2) is 0 Å². The van der Waals surface area contributed by atoms with Gasteiger partial charge >= 0.3 is 5.97 Å². The Bertz CT molecular complexity index is 615. The van der Waals surface area contributed by atoms with Gasteiger partial charge in [-0.3, -0.25) is 0 Å². The highest BCUT2D eigenvalue weighted by Gasteiger charge is 2.16.